The van der Waals surface area contributed by atoms with Gasteiger partial charge in [-0.15, -0.1) is 0 Å². The Balaban J connectivity index is 2.00. The summed E-state index contributed by atoms with van der Waals surface area (Å²) in [7, 11) is 1.56. The van der Waals surface area contributed by atoms with Crippen LogP contribution >= 0.6 is 11.6 Å². The Bertz CT molecular complexity index is 1100. The van der Waals surface area contributed by atoms with Crippen molar-refractivity contribution in [2.75, 3.05) is 31.8 Å². The van der Waals surface area contributed by atoms with Gasteiger partial charge < -0.3 is 14.0 Å². The van der Waals surface area contributed by atoms with Crippen molar-refractivity contribution in [3.63, 3.8) is 0 Å². The number of aromatic nitrogens is 2. The van der Waals surface area contributed by atoms with Gasteiger partial charge in [0.05, 0.1) is 36.8 Å². The van der Waals surface area contributed by atoms with E-state index in [0.717, 1.165) is 11.0 Å². The summed E-state index contributed by atoms with van der Waals surface area (Å²) in [4.78, 5) is 32.8. The minimum atomic E-state index is -1.09. The number of para-hydroxylation sites is 2. The maximum Gasteiger partial charge on any atom is 0.321 e. The molecule has 0 saturated heterocycles. The molecule has 0 N–H and O–H groups in total. The van der Waals surface area contributed by atoms with E-state index in [1.54, 1.807) is 20.1 Å². The number of amides is 1. The molecule has 0 bridgehead atoms. The smallest absolute Gasteiger partial charge is 0.321 e. The molecule has 0 aliphatic carbocycles. The third-order valence-electron chi connectivity index (χ3n) is 5.23. The number of benzene rings is 2. The standard InChI is InChI=1S/C22H22ClN3O4/c1-3-30-21(28)18-19(14-8-4-5-9-15(14)23)26-17-11-7-6-10-16(17)24-22(26)25(20(18)27)12-13-29-2/h4-11,18-19H,3,12-13H2,1-2H3/t18-,19+/m1/s1. The molecule has 1 aliphatic rings. The normalized spacial score (nSPS) is 18.5. The van der Waals surface area contributed by atoms with Crippen LogP contribution in [0.2, 0.25) is 5.02 Å². The zero-order valence-corrected chi connectivity index (χ0v) is 17.5. The van der Waals surface area contributed by atoms with E-state index in [0.29, 0.717) is 23.1 Å². The summed E-state index contributed by atoms with van der Waals surface area (Å²) >= 11 is 6.53. The number of carbonyl (C=O) groups excluding carboxylic acids is 2. The van der Waals surface area contributed by atoms with Gasteiger partial charge in [-0.05, 0) is 30.7 Å². The van der Waals surface area contributed by atoms with Crippen LogP contribution in [0.15, 0.2) is 48.5 Å². The van der Waals surface area contributed by atoms with Crippen molar-refractivity contribution in [1.29, 1.82) is 0 Å². The van der Waals surface area contributed by atoms with Crippen LogP contribution in [0.1, 0.15) is 18.5 Å². The van der Waals surface area contributed by atoms with Crippen molar-refractivity contribution in [2.45, 2.75) is 13.0 Å². The number of hydrogen-bond acceptors (Lipinski definition) is 5. The minimum Gasteiger partial charge on any atom is -0.465 e. The molecule has 0 unspecified atom stereocenters. The number of ether oxygens (including phenoxy) is 2. The monoisotopic (exact) mass is 427 g/mol. The first-order chi connectivity index (χ1) is 14.6. The van der Waals surface area contributed by atoms with Gasteiger partial charge in [0, 0.05) is 12.1 Å². The summed E-state index contributed by atoms with van der Waals surface area (Å²) < 4.78 is 12.4. The summed E-state index contributed by atoms with van der Waals surface area (Å²) in [5.41, 5.74) is 2.20. The van der Waals surface area contributed by atoms with E-state index in [-0.39, 0.29) is 19.1 Å². The van der Waals surface area contributed by atoms with Gasteiger partial charge in [0.1, 0.15) is 0 Å². The Morgan fingerprint density at radius 1 is 1.17 bits per heavy atom. The number of fused-ring (bicyclic) bond motifs is 3. The molecule has 0 radical (unpaired) electrons. The van der Waals surface area contributed by atoms with Gasteiger partial charge in [0.25, 0.3) is 0 Å². The number of imidazole rings is 1. The van der Waals surface area contributed by atoms with Crippen LogP contribution in [0.3, 0.4) is 0 Å². The van der Waals surface area contributed by atoms with Gasteiger partial charge in [-0.1, -0.05) is 41.9 Å². The number of methoxy groups -OCH3 is 1. The first-order valence-corrected chi connectivity index (χ1v) is 10.1. The van der Waals surface area contributed by atoms with Gasteiger partial charge in [-0.2, -0.15) is 0 Å². The molecule has 1 amide bonds. The Morgan fingerprint density at radius 2 is 1.90 bits per heavy atom. The predicted molar refractivity (Wildman–Crippen MR) is 114 cm³/mol. The van der Waals surface area contributed by atoms with Crippen molar-refractivity contribution in [2.24, 2.45) is 5.92 Å². The molecule has 3 aromatic rings. The highest BCUT2D eigenvalue weighted by Crippen LogP contribution is 2.42. The van der Waals surface area contributed by atoms with Gasteiger partial charge in [0.2, 0.25) is 11.9 Å². The summed E-state index contributed by atoms with van der Waals surface area (Å²) in [6.07, 6.45) is 0. The largest absolute Gasteiger partial charge is 0.465 e. The Hall–Kier alpha value is -2.90. The van der Waals surface area contributed by atoms with Gasteiger partial charge in [0.15, 0.2) is 5.92 Å². The van der Waals surface area contributed by atoms with E-state index < -0.39 is 17.9 Å². The molecule has 0 fully saturated rings. The fourth-order valence-electron chi connectivity index (χ4n) is 3.94. The van der Waals surface area contributed by atoms with Crippen molar-refractivity contribution in [3.05, 3.63) is 59.1 Å². The van der Waals surface area contributed by atoms with Crippen LogP contribution in [0.4, 0.5) is 5.95 Å². The van der Waals surface area contributed by atoms with Crippen molar-refractivity contribution in [3.8, 4) is 0 Å². The summed E-state index contributed by atoms with van der Waals surface area (Å²) in [6, 6.07) is 14.1. The number of hydrogen-bond donors (Lipinski definition) is 0. The molecule has 2 heterocycles. The fraction of sp³-hybridized carbons (Fsp3) is 0.318. The lowest BCUT2D eigenvalue weighted by Crippen LogP contribution is -2.51. The van der Waals surface area contributed by atoms with E-state index in [2.05, 4.69) is 0 Å². The van der Waals surface area contributed by atoms with E-state index >= 15 is 0 Å². The highest BCUT2D eigenvalue weighted by molar-refractivity contribution is 6.31. The molecular formula is C22H22ClN3O4. The number of carbonyl (C=O) groups is 2. The highest BCUT2D eigenvalue weighted by atomic mass is 35.5. The number of halogens is 1. The molecule has 4 rings (SSSR count). The second-order valence-corrected chi connectivity index (χ2v) is 7.36. The van der Waals surface area contributed by atoms with E-state index in [9.17, 15) is 9.59 Å². The predicted octanol–water partition coefficient (Wildman–Crippen LogP) is 3.45. The van der Waals surface area contributed by atoms with Gasteiger partial charge >= 0.3 is 5.97 Å². The third kappa shape index (κ3) is 3.34. The van der Waals surface area contributed by atoms with E-state index in [1.165, 1.54) is 4.90 Å². The number of rotatable bonds is 6. The van der Waals surface area contributed by atoms with Crippen LogP contribution in [-0.4, -0.2) is 48.3 Å². The Labute approximate surface area is 179 Å². The lowest BCUT2D eigenvalue weighted by molar-refractivity contribution is -0.153. The van der Waals surface area contributed by atoms with Crippen LogP contribution in [-0.2, 0) is 19.1 Å². The Morgan fingerprint density at radius 3 is 2.63 bits per heavy atom. The number of esters is 1. The molecule has 7 nitrogen and oxygen atoms in total. The summed E-state index contributed by atoms with van der Waals surface area (Å²) in [5.74, 6) is -1.59. The quantitative estimate of drug-likeness (QED) is 0.445. The number of anilines is 1. The van der Waals surface area contributed by atoms with Gasteiger partial charge in [-0.3, -0.25) is 14.5 Å². The van der Waals surface area contributed by atoms with Crippen molar-refractivity contribution >= 4 is 40.5 Å². The molecule has 8 heteroatoms. The molecular weight excluding hydrogens is 406 g/mol. The summed E-state index contributed by atoms with van der Waals surface area (Å²) in [6.45, 7) is 2.47. The summed E-state index contributed by atoms with van der Waals surface area (Å²) in [5, 5.41) is 0.471. The lowest BCUT2D eigenvalue weighted by atomic mass is 9.89. The topological polar surface area (TPSA) is 73.7 Å². The van der Waals surface area contributed by atoms with Crippen LogP contribution in [0.5, 0.6) is 0 Å². The maximum absolute atomic E-state index is 13.6. The molecule has 1 aromatic heterocycles. The van der Waals surface area contributed by atoms with Crippen LogP contribution in [0, 0.1) is 5.92 Å². The molecule has 1 aliphatic heterocycles. The highest BCUT2D eigenvalue weighted by Gasteiger charge is 2.48. The van der Waals surface area contributed by atoms with Crippen molar-refractivity contribution in [1.82, 2.24) is 9.55 Å². The molecule has 30 heavy (non-hydrogen) atoms. The van der Waals surface area contributed by atoms with Crippen LogP contribution < -0.4 is 4.90 Å². The zero-order chi connectivity index (χ0) is 21.3. The minimum absolute atomic E-state index is 0.174. The van der Waals surface area contributed by atoms with Crippen molar-refractivity contribution < 1.29 is 19.1 Å². The molecule has 2 aromatic carbocycles. The molecule has 0 spiro atoms. The van der Waals surface area contributed by atoms with E-state index in [1.807, 2.05) is 47.0 Å². The molecule has 156 valence electrons. The van der Waals surface area contributed by atoms with Gasteiger partial charge in [-0.25, -0.2) is 4.98 Å². The average Bonchev–Trinajstić information content (AvgIpc) is 3.12. The van der Waals surface area contributed by atoms with E-state index in [4.69, 9.17) is 26.1 Å². The first kappa shape index (κ1) is 20.4. The third-order valence-corrected chi connectivity index (χ3v) is 5.57. The zero-order valence-electron chi connectivity index (χ0n) is 16.7. The fourth-order valence-corrected chi connectivity index (χ4v) is 4.18. The maximum atomic E-state index is 13.6. The SMILES string of the molecule is CCOC(=O)[C@H]1C(=O)N(CCOC)c2nc3ccccc3n2[C@H]1c1ccccc1Cl. The second kappa shape index (κ2) is 8.45. The second-order valence-electron chi connectivity index (χ2n) is 6.95. The Kier molecular flexibility index (Phi) is 5.74. The average molecular weight is 428 g/mol. The molecule has 2 atom stereocenters. The lowest BCUT2D eigenvalue weighted by Gasteiger charge is -2.38. The molecule has 0 saturated carbocycles. The number of nitrogens with zero attached hydrogens (tertiary/aromatic N) is 3. The van der Waals surface area contributed by atoms with Crippen LogP contribution in [0.25, 0.3) is 11.0 Å². The first-order valence-electron chi connectivity index (χ1n) is 9.76.